The predicted molar refractivity (Wildman–Crippen MR) is 162 cm³/mol. The Labute approximate surface area is 247 Å². The second-order valence-corrected chi connectivity index (χ2v) is 11.4. The summed E-state index contributed by atoms with van der Waals surface area (Å²) in [4.78, 5) is 30.4. The lowest BCUT2D eigenvalue weighted by molar-refractivity contribution is -0.158. The Bertz CT molecular complexity index is 1640. The van der Waals surface area contributed by atoms with Gasteiger partial charge in [-0.1, -0.05) is 137 Å². The van der Waals surface area contributed by atoms with Gasteiger partial charge in [-0.15, -0.1) is 0 Å². The number of hydrogen-bond acceptors (Lipinski definition) is 3. The minimum atomic E-state index is -1.49. The Hall–Kier alpha value is -4.48. The van der Waals surface area contributed by atoms with E-state index < -0.39 is 17.1 Å². The number of amides is 1. The summed E-state index contributed by atoms with van der Waals surface area (Å²) >= 11 is 3.52. The van der Waals surface area contributed by atoms with Gasteiger partial charge in [0.2, 0.25) is 5.60 Å². The van der Waals surface area contributed by atoms with Crippen molar-refractivity contribution in [3.8, 4) is 0 Å². The number of rotatable bonds is 5. The van der Waals surface area contributed by atoms with Crippen molar-refractivity contribution in [2.24, 2.45) is 0 Å². The van der Waals surface area contributed by atoms with E-state index in [-0.39, 0.29) is 18.3 Å². The minimum absolute atomic E-state index is 0.116. The molecule has 2 aliphatic heterocycles. The van der Waals surface area contributed by atoms with Crippen LogP contribution in [0.4, 0.5) is 5.69 Å². The highest BCUT2D eigenvalue weighted by atomic mass is 79.9. The molecule has 5 heteroatoms. The van der Waals surface area contributed by atoms with Crippen molar-refractivity contribution in [2.75, 3.05) is 4.90 Å². The number of ether oxygens (including phenoxy) is 1. The number of anilines is 1. The molecule has 0 radical (unpaired) electrons. The molecule has 41 heavy (non-hydrogen) atoms. The summed E-state index contributed by atoms with van der Waals surface area (Å²) in [5.74, 6) is -1.12. The van der Waals surface area contributed by atoms with Gasteiger partial charge < -0.3 is 4.74 Å². The molecule has 0 aromatic heterocycles. The number of carbonyl (C=O) groups excluding carboxylic acids is 2. The van der Waals surface area contributed by atoms with Gasteiger partial charge in [0.25, 0.3) is 5.91 Å². The zero-order valence-corrected chi connectivity index (χ0v) is 23.7. The first-order valence-electron chi connectivity index (χ1n) is 13.6. The van der Waals surface area contributed by atoms with Crippen molar-refractivity contribution in [1.82, 2.24) is 0 Å². The van der Waals surface area contributed by atoms with E-state index in [1.165, 1.54) is 0 Å². The van der Waals surface area contributed by atoms with Gasteiger partial charge in [0, 0.05) is 16.0 Å². The van der Waals surface area contributed by atoms with E-state index in [2.05, 4.69) is 52.3 Å². The number of fused-ring (bicyclic) bond motifs is 2. The van der Waals surface area contributed by atoms with E-state index >= 15 is 4.79 Å². The molecule has 5 aromatic carbocycles. The molecule has 5 aromatic rings. The van der Waals surface area contributed by atoms with Gasteiger partial charge in [-0.05, 0) is 40.5 Å². The van der Waals surface area contributed by atoms with Gasteiger partial charge in [0.05, 0.1) is 12.1 Å². The maximum Gasteiger partial charge on any atom is 0.308 e. The lowest BCUT2D eigenvalue weighted by atomic mass is 9.74. The highest BCUT2D eigenvalue weighted by molar-refractivity contribution is 9.10. The first-order valence-corrected chi connectivity index (χ1v) is 14.4. The Balaban J connectivity index is 1.56. The van der Waals surface area contributed by atoms with Gasteiger partial charge in [0.15, 0.2) is 0 Å². The number of benzene rings is 5. The average molecular weight is 601 g/mol. The summed E-state index contributed by atoms with van der Waals surface area (Å²) in [6.45, 7) is 0. The van der Waals surface area contributed by atoms with Crippen molar-refractivity contribution in [1.29, 1.82) is 0 Å². The number of carbonyl (C=O) groups is 2. The molecule has 200 valence electrons. The Morgan fingerprint density at radius 1 is 0.659 bits per heavy atom. The normalized spacial score (nSPS) is 19.8. The quantitative estimate of drug-likeness (QED) is 0.153. The molecule has 0 unspecified atom stereocenters. The summed E-state index contributed by atoms with van der Waals surface area (Å²) in [6.07, 6.45) is 0.116. The molecule has 4 nitrogen and oxygen atoms in total. The molecule has 0 bridgehead atoms. The Morgan fingerprint density at radius 3 is 1.68 bits per heavy atom. The molecular formula is C36H26BrNO3. The first-order chi connectivity index (χ1) is 20.1. The number of para-hydroxylation sites is 1. The van der Waals surface area contributed by atoms with Crippen LogP contribution in [0.2, 0.25) is 0 Å². The second kappa shape index (κ2) is 9.86. The molecule has 7 rings (SSSR count). The van der Waals surface area contributed by atoms with Gasteiger partial charge in [-0.25, -0.2) is 0 Å². The molecule has 1 amide bonds. The van der Waals surface area contributed by atoms with Crippen LogP contribution in [0.15, 0.2) is 144 Å². The second-order valence-electron chi connectivity index (χ2n) is 10.5. The highest BCUT2D eigenvalue weighted by Crippen LogP contribution is 2.59. The SMILES string of the molecule is O=C1C[C@@H](c2ccc(Br)cc2)[C@]2(O1)C(=O)N(C(c1ccccc1)(c1ccccc1)c1ccccc1)c1ccccc12. The van der Waals surface area contributed by atoms with E-state index in [1.807, 2.05) is 108 Å². The Morgan fingerprint density at radius 2 is 1.15 bits per heavy atom. The molecule has 2 aliphatic rings. The minimum Gasteiger partial charge on any atom is -0.443 e. The fourth-order valence-corrected chi connectivity index (χ4v) is 6.98. The molecule has 0 aliphatic carbocycles. The maximum atomic E-state index is 15.4. The van der Waals surface area contributed by atoms with Crippen LogP contribution in [0.3, 0.4) is 0 Å². The summed E-state index contributed by atoms with van der Waals surface area (Å²) in [6, 6.07) is 45.9. The standard InChI is InChI=1S/C36H26BrNO3/c37-29-22-20-25(21-23-29)31-24-33(39)41-36(31)30-18-10-11-19-32(30)38(34(36)40)35(26-12-4-1-5-13-26,27-14-6-2-7-15-27)28-16-8-3-9-17-28/h1-23,31H,24H2/t31-,36-/m0/s1. The maximum absolute atomic E-state index is 15.4. The summed E-state index contributed by atoms with van der Waals surface area (Å²) in [5, 5.41) is 0. The first kappa shape index (κ1) is 25.5. The van der Waals surface area contributed by atoms with Crippen molar-refractivity contribution >= 4 is 33.5 Å². The van der Waals surface area contributed by atoms with Gasteiger partial charge >= 0.3 is 5.97 Å². The lowest BCUT2D eigenvalue weighted by Crippen LogP contribution is -2.54. The molecule has 2 heterocycles. The topological polar surface area (TPSA) is 46.6 Å². The fourth-order valence-electron chi connectivity index (χ4n) is 6.72. The van der Waals surface area contributed by atoms with Crippen LogP contribution >= 0.6 is 15.9 Å². The smallest absolute Gasteiger partial charge is 0.308 e. The third-order valence-corrected chi connectivity index (χ3v) is 8.91. The lowest BCUT2D eigenvalue weighted by Gasteiger charge is -2.44. The molecule has 2 atom stereocenters. The average Bonchev–Trinajstić information content (AvgIpc) is 3.50. The third kappa shape index (κ3) is 3.72. The number of hydrogen-bond donors (Lipinski definition) is 0. The van der Waals surface area contributed by atoms with E-state index in [0.29, 0.717) is 5.56 Å². The predicted octanol–water partition coefficient (Wildman–Crippen LogP) is 7.71. The summed E-state index contributed by atoms with van der Waals surface area (Å²) in [5.41, 5.74) is 2.58. The third-order valence-electron chi connectivity index (χ3n) is 8.38. The van der Waals surface area contributed by atoms with E-state index in [1.54, 1.807) is 0 Å². The molecule has 1 spiro atoms. The molecular weight excluding hydrogens is 574 g/mol. The molecule has 0 saturated carbocycles. The van der Waals surface area contributed by atoms with Crippen molar-refractivity contribution in [3.63, 3.8) is 0 Å². The number of halogens is 1. The zero-order valence-electron chi connectivity index (χ0n) is 22.1. The van der Waals surface area contributed by atoms with E-state index in [4.69, 9.17) is 4.74 Å². The summed E-state index contributed by atoms with van der Waals surface area (Å²) in [7, 11) is 0. The fraction of sp³-hybridized carbons (Fsp3) is 0.111. The number of esters is 1. The Kier molecular flexibility index (Phi) is 6.13. The van der Waals surface area contributed by atoms with Gasteiger partial charge in [0.1, 0.15) is 5.54 Å². The van der Waals surface area contributed by atoms with Crippen LogP contribution in [0, 0.1) is 0 Å². The largest absolute Gasteiger partial charge is 0.443 e. The van der Waals surface area contributed by atoms with Crippen LogP contribution in [0.5, 0.6) is 0 Å². The zero-order chi connectivity index (χ0) is 28.0. The van der Waals surface area contributed by atoms with Crippen molar-refractivity contribution in [3.05, 3.63) is 172 Å². The van der Waals surface area contributed by atoms with E-state index in [0.717, 1.165) is 32.4 Å². The van der Waals surface area contributed by atoms with Gasteiger partial charge in [-0.3, -0.25) is 14.5 Å². The van der Waals surface area contributed by atoms with Crippen molar-refractivity contribution < 1.29 is 14.3 Å². The summed E-state index contributed by atoms with van der Waals surface area (Å²) < 4.78 is 7.16. The van der Waals surface area contributed by atoms with Crippen LogP contribution in [0.1, 0.15) is 40.2 Å². The van der Waals surface area contributed by atoms with Crippen LogP contribution in [-0.4, -0.2) is 11.9 Å². The van der Waals surface area contributed by atoms with Crippen LogP contribution < -0.4 is 4.90 Å². The highest BCUT2D eigenvalue weighted by Gasteiger charge is 2.66. The molecule has 0 N–H and O–H groups in total. The van der Waals surface area contributed by atoms with Crippen LogP contribution in [0.25, 0.3) is 0 Å². The monoisotopic (exact) mass is 599 g/mol. The molecule has 1 fully saturated rings. The van der Waals surface area contributed by atoms with Gasteiger partial charge in [-0.2, -0.15) is 0 Å². The van der Waals surface area contributed by atoms with Crippen LogP contribution in [-0.2, 0) is 25.5 Å². The molecule has 1 saturated heterocycles. The number of nitrogens with zero attached hydrogens (tertiary/aromatic N) is 1. The van der Waals surface area contributed by atoms with Crippen molar-refractivity contribution in [2.45, 2.75) is 23.5 Å². The van der Waals surface area contributed by atoms with E-state index in [9.17, 15) is 4.79 Å².